The number of aliphatic hydroxyl groups is 1. The standard InChI is InChI=1S/C9H21NO/c1-6-8(9(4,5)11)10-7(2)3/h7-8,10-11H,6H2,1-5H3. The first-order chi connectivity index (χ1) is 4.88. The smallest absolute Gasteiger partial charge is 0.0744 e. The maximum Gasteiger partial charge on any atom is 0.0744 e. The Morgan fingerprint density at radius 2 is 1.82 bits per heavy atom. The fourth-order valence-electron chi connectivity index (χ4n) is 1.22. The van der Waals surface area contributed by atoms with Crippen LogP contribution in [0.3, 0.4) is 0 Å². The number of nitrogens with one attached hydrogen (secondary N) is 1. The Kier molecular flexibility index (Phi) is 4.04. The summed E-state index contributed by atoms with van der Waals surface area (Å²) in [5.41, 5.74) is -0.612. The van der Waals surface area contributed by atoms with E-state index in [4.69, 9.17) is 0 Å². The van der Waals surface area contributed by atoms with E-state index in [1.54, 1.807) is 0 Å². The zero-order valence-corrected chi connectivity index (χ0v) is 8.31. The van der Waals surface area contributed by atoms with E-state index in [2.05, 4.69) is 26.1 Å². The molecule has 0 heterocycles. The molecular formula is C9H21NO. The summed E-state index contributed by atoms with van der Waals surface area (Å²) in [6.45, 7) is 9.95. The molecule has 1 atom stereocenters. The fourth-order valence-corrected chi connectivity index (χ4v) is 1.22. The van der Waals surface area contributed by atoms with Crippen molar-refractivity contribution in [3.05, 3.63) is 0 Å². The summed E-state index contributed by atoms with van der Waals surface area (Å²) in [6, 6.07) is 0.633. The second kappa shape index (κ2) is 4.07. The average Bonchev–Trinajstić information content (AvgIpc) is 1.79. The van der Waals surface area contributed by atoms with E-state index in [9.17, 15) is 5.11 Å². The summed E-state index contributed by atoms with van der Waals surface area (Å²) < 4.78 is 0. The minimum absolute atomic E-state index is 0.197. The molecule has 0 aromatic heterocycles. The van der Waals surface area contributed by atoms with Gasteiger partial charge in [-0.1, -0.05) is 20.8 Å². The van der Waals surface area contributed by atoms with Crippen LogP contribution in [0.15, 0.2) is 0 Å². The number of hydrogen-bond donors (Lipinski definition) is 2. The van der Waals surface area contributed by atoms with Crippen LogP contribution in [0.5, 0.6) is 0 Å². The van der Waals surface area contributed by atoms with Crippen LogP contribution >= 0.6 is 0 Å². The molecule has 0 rings (SSSR count). The summed E-state index contributed by atoms with van der Waals surface area (Å²) >= 11 is 0. The first-order valence-corrected chi connectivity index (χ1v) is 4.36. The topological polar surface area (TPSA) is 32.3 Å². The Morgan fingerprint density at radius 1 is 1.36 bits per heavy atom. The molecule has 0 aromatic carbocycles. The van der Waals surface area contributed by atoms with Crippen LogP contribution in [0.25, 0.3) is 0 Å². The summed E-state index contributed by atoms with van der Waals surface area (Å²) in [5, 5.41) is 13.0. The summed E-state index contributed by atoms with van der Waals surface area (Å²) in [6.07, 6.45) is 0.960. The summed E-state index contributed by atoms with van der Waals surface area (Å²) in [4.78, 5) is 0. The van der Waals surface area contributed by atoms with E-state index in [0.717, 1.165) is 6.42 Å². The highest BCUT2D eigenvalue weighted by Gasteiger charge is 2.24. The molecule has 0 saturated heterocycles. The Labute approximate surface area is 70.0 Å². The van der Waals surface area contributed by atoms with Crippen molar-refractivity contribution in [3.8, 4) is 0 Å². The molecule has 0 aliphatic carbocycles. The second-order valence-electron chi connectivity index (χ2n) is 3.94. The Bertz CT molecular complexity index is 105. The van der Waals surface area contributed by atoms with Crippen LogP contribution in [0, 0.1) is 0 Å². The van der Waals surface area contributed by atoms with E-state index >= 15 is 0 Å². The molecule has 0 bridgehead atoms. The van der Waals surface area contributed by atoms with Crippen molar-refractivity contribution in [2.24, 2.45) is 0 Å². The highest BCUT2D eigenvalue weighted by Crippen LogP contribution is 2.11. The Balaban J connectivity index is 3.96. The largest absolute Gasteiger partial charge is 0.389 e. The molecule has 2 heteroatoms. The van der Waals surface area contributed by atoms with Gasteiger partial charge in [0, 0.05) is 12.1 Å². The first kappa shape index (κ1) is 10.9. The van der Waals surface area contributed by atoms with E-state index in [1.165, 1.54) is 0 Å². The SMILES string of the molecule is CCC(NC(C)C)C(C)(C)O. The summed E-state index contributed by atoms with van der Waals surface area (Å²) in [5.74, 6) is 0. The molecule has 0 aliphatic heterocycles. The van der Waals surface area contributed by atoms with E-state index < -0.39 is 5.60 Å². The maximum atomic E-state index is 9.66. The molecule has 0 aromatic rings. The molecule has 0 fully saturated rings. The molecule has 0 radical (unpaired) electrons. The molecule has 11 heavy (non-hydrogen) atoms. The van der Waals surface area contributed by atoms with Crippen LogP contribution < -0.4 is 5.32 Å². The monoisotopic (exact) mass is 159 g/mol. The lowest BCUT2D eigenvalue weighted by molar-refractivity contribution is 0.0331. The van der Waals surface area contributed by atoms with Gasteiger partial charge >= 0.3 is 0 Å². The Hall–Kier alpha value is -0.0800. The van der Waals surface area contributed by atoms with Crippen molar-refractivity contribution in [1.29, 1.82) is 0 Å². The lowest BCUT2D eigenvalue weighted by atomic mass is 9.96. The quantitative estimate of drug-likeness (QED) is 0.652. The molecule has 0 saturated carbocycles. The third-order valence-electron chi connectivity index (χ3n) is 1.80. The predicted octanol–water partition coefficient (Wildman–Crippen LogP) is 1.53. The van der Waals surface area contributed by atoms with Crippen LogP contribution in [0.2, 0.25) is 0 Å². The molecule has 68 valence electrons. The number of rotatable bonds is 4. The normalized spacial score (nSPS) is 15.5. The number of hydrogen-bond acceptors (Lipinski definition) is 2. The zero-order chi connectivity index (χ0) is 9.07. The highest BCUT2D eigenvalue weighted by molar-refractivity contribution is 4.83. The van der Waals surface area contributed by atoms with E-state index in [-0.39, 0.29) is 6.04 Å². The molecule has 2 N–H and O–H groups in total. The van der Waals surface area contributed by atoms with Gasteiger partial charge in [0.25, 0.3) is 0 Å². The van der Waals surface area contributed by atoms with E-state index in [1.807, 2.05) is 13.8 Å². The lowest BCUT2D eigenvalue weighted by Gasteiger charge is -2.31. The van der Waals surface area contributed by atoms with Gasteiger partial charge in [-0.25, -0.2) is 0 Å². The minimum Gasteiger partial charge on any atom is -0.389 e. The van der Waals surface area contributed by atoms with Gasteiger partial charge in [-0.3, -0.25) is 0 Å². The van der Waals surface area contributed by atoms with Crippen molar-refractivity contribution < 1.29 is 5.11 Å². The van der Waals surface area contributed by atoms with Gasteiger partial charge in [-0.05, 0) is 20.3 Å². The zero-order valence-electron chi connectivity index (χ0n) is 8.31. The van der Waals surface area contributed by atoms with Crippen molar-refractivity contribution >= 4 is 0 Å². The van der Waals surface area contributed by atoms with Crippen LogP contribution in [-0.2, 0) is 0 Å². The highest BCUT2D eigenvalue weighted by atomic mass is 16.3. The van der Waals surface area contributed by atoms with Gasteiger partial charge in [0.15, 0.2) is 0 Å². The first-order valence-electron chi connectivity index (χ1n) is 4.36. The molecule has 1 unspecified atom stereocenters. The Morgan fingerprint density at radius 3 is 1.91 bits per heavy atom. The van der Waals surface area contributed by atoms with Crippen LogP contribution in [0.1, 0.15) is 41.0 Å². The molecule has 0 aliphatic rings. The lowest BCUT2D eigenvalue weighted by Crippen LogP contribution is -2.48. The predicted molar refractivity (Wildman–Crippen MR) is 48.6 cm³/mol. The van der Waals surface area contributed by atoms with Gasteiger partial charge in [0.1, 0.15) is 0 Å². The van der Waals surface area contributed by atoms with Gasteiger partial charge in [0.2, 0.25) is 0 Å². The molecule has 0 amide bonds. The van der Waals surface area contributed by atoms with Crippen molar-refractivity contribution in [2.75, 3.05) is 0 Å². The average molecular weight is 159 g/mol. The van der Waals surface area contributed by atoms with Gasteiger partial charge < -0.3 is 10.4 Å². The van der Waals surface area contributed by atoms with Crippen LogP contribution in [0.4, 0.5) is 0 Å². The second-order valence-corrected chi connectivity index (χ2v) is 3.94. The third-order valence-corrected chi connectivity index (χ3v) is 1.80. The van der Waals surface area contributed by atoms with Crippen LogP contribution in [-0.4, -0.2) is 22.8 Å². The van der Waals surface area contributed by atoms with Gasteiger partial charge in [-0.2, -0.15) is 0 Å². The molecule has 0 spiro atoms. The van der Waals surface area contributed by atoms with Gasteiger partial charge in [-0.15, -0.1) is 0 Å². The van der Waals surface area contributed by atoms with Crippen molar-refractivity contribution in [2.45, 2.75) is 58.7 Å². The third kappa shape index (κ3) is 4.38. The maximum absolute atomic E-state index is 9.66. The molecule has 2 nitrogen and oxygen atoms in total. The molecular weight excluding hydrogens is 138 g/mol. The van der Waals surface area contributed by atoms with E-state index in [0.29, 0.717) is 6.04 Å². The minimum atomic E-state index is -0.612. The van der Waals surface area contributed by atoms with Crippen molar-refractivity contribution in [1.82, 2.24) is 5.32 Å². The van der Waals surface area contributed by atoms with Gasteiger partial charge in [0.05, 0.1) is 5.60 Å². The summed E-state index contributed by atoms with van der Waals surface area (Å²) in [7, 11) is 0. The van der Waals surface area contributed by atoms with Crippen molar-refractivity contribution in [3.63, 3.8) is 0 Å². The fraction of sp³-hybridized carbons (Fsp3) is 1.00.